The van der Waals surface area contributed by atoms with Gasteiger partial charge in [-0.1, -0.05) is 233 Å². The Morgan fingerprint density at radius 3 is 1.27 bits per heavy atom. The van der Waals surface area contributed by atoms with Gasteiger partial charge in [-0.15, -0.1) is 0 Å². The van der Waals surface area contributed by atoms with Crippen LogP contribution in [0.1, 0.15) is 38.3 Å². The van der Waals surface area contributed by atoms with Gasteiger partial charge in [-0.05, 0) is 146 Å². The van der Waals surface area contributed by atoms with Crippen molar-refractivity contribution in [2.75, 3.05) is 16.8 Å². The summed E-state index contributed by atoms with van der Waals surface area (Å²) in [7, 11) is 2.15. The molecule has 2 aliphatic rings. The van der Waals surface area contributed by atoms with Crippen LogP contribution in [0.15, 0.2) is 296 Å². The maximum Gasteiger partial charge on any atom is 0.0541 e. The highest BCUT2D eigenvalue weighted by Crippen LogP contribution is 2.57. The third-order valence-corrected chi connectivity index (χ3v) is 17.4. The zero-order valence-electron chi connectivity index (χ0n) is 45.7. The van der Waals surface area contributed by atoms with Crippen molar-refractivity contribution in [3.8, 4) is 61.3 Å². The van der Waals surface area contributed by atoms with Gasteiger partial charge < -0.3 is 14.4 Å². The molecule has 3 nitrogen and oxygen atoms in total. The fourth-order valence-electron chi connectivity index (χ4n) is 13.1. The fraction of sp³-hybridized carbons (Fsp3) is 0.0909. The standard InChI is InChI=1S/C77H61N3/c1-76(2)70-21-11-12-22-71(70)77(3)51-50-66(52-75(76)77)79(63-44-36-58(37-45-63)54-28-26-53(27-29-54)57-34-42-62(43-35-57)78(4)72-23-13-8-18-67(72)61-16-6-5-7-17-61)64-46-38-59(39-47-64)55-30-32-56(33-31-55)60-40-48-65(49-41-60)80-73-24-14-9-19-68(73)69-20-10-15-25-74(69)80/h5-50,52H,51H2,1-4H3. The fourth-order valence-corrected chi connectivity index (χ4v) is 13.1. The Morgan fingerprint density at radius 2 is 0.762 bits per heavy atom. The van der Waals surface area contributed by atoms with Gasteiger partial charge in [0.25, 0.3) is 0 Å². The molecule has 0 saturated carbocycles. The van der Waals surface area contributed by atoms with Crippen molar-refractivity contribution in [1.82, 2.24) is 4.57 Å². The van der Waals surface area contributed by atoms with E-state index in [9.17, 15) is 0 Å². The van der Waals surface area contributed by atoms with Gasteiger partial charge in [-0.3, -0.25) is 0 Å². The van der Waals surface area contributed by atoms with E-state index in [-0.39, 0.29) is 10.8 Å². The Balaban J connectivity index is 0.727. The number of rotatable bonds is 11. The molecule has 0 bridgehead atoms. The van der Waals surface area contributed by atoms with Crippen LogP contribution in [0.3, 0.4) is 0 Å². The minimum Gasteiger partial charge on any atom is -0.344 e. The predicted molar refractivity (Wildman–Crippen MR) is 339 cm³/mol. The van der Waals surface area contributed by atoms with Crippen LogP contribution in [0.4, 0.5) is 22.7 Å². The predicted octanol–water partition coefficient (Wildman–Crippen LogP) is 20.5. The number of aromatic nitrogens is 1. The highest BCUT2D eigenvalue weighted by Gasteiger charge is 2.50. The summed E-state index contributed by atoms with van der Waals surface area (Å²) in [4.78, 5) is 4.73. The van der Waals surface area contributed by atoms with Crippen LogP contribution in [0.5, 0.6) is 0 Å². The number of hydrogen-bond donors (Lipinski definition) is 0. The second kappa shape index (κ2) is 19.6. The normalized spacial score (nSPS) is 15.2. The number of benzene rings is 11. The molecule has 1 aromatic heterocycles. The maximum atomic E-state index is 2.49. The quantitative estimate of drug-likeness (QED) is 0.128. The lowest BCUT2D eigenvalue weighted by Crippen LogP contribution is -2.30. The lowest BCUT2D eigenvalue weighted by molar-refractivity contribution is 0.508. The van der Waals surface area contributed by atoms with Gasteiger partial charge >= 0.3 is 0 Å². The van der Waals surface area contributed by atoms with E-state index >= 15 is 0 Å². The average molecular weight is 1030 g/mol. The van der Waals surface area contributed by atoms with E-state index in [1.807, 2.05) is 0 Å². The molecule has 14 rings (SSSR count). The Labute approximate surface area is 470 Å². The van der Waals surface area contributed by atoms with Crippen molar-refractivity contribution >= 4 is 44.6 Å². The summed E-state index contributed by atoms with van der Waals surface area (Å²) in [6, 6.07) is 99.9. The van der Waals surface area contributed by atoms with Crippen LogP contribution in [-0.4, -0.2) is 11.6 Å². The molecule has 80 heavy (non-hydrogen) atoms. The van der Waals surface area contributed by atoms with Gasteiger partial charge in [0.1, 0.15) is 0 Å². The molecule has 11 aromatic carbocycles. The molecule has 384 valence electrons. The molecule has 0 aliphatic heterocycles. The van der Waals surface area contributed by atoms with Gasteiger partial charge in [0.05, 0.1) is 11.0 Å². The number of allylic oxidation sites excluding steroid dienone is 3. The van der Waals surface area contributed by atoms with E-state index in [2.05, 4.69) is 327 Å². The van der Waals surface area contributed by atoms with Crippen molar-refractivity contribution in [2.45, 2.75) is 38.0 Å². The first-order valence-electron chi connectivity index (χ1n) is 28.0. The van der Waals surface area contributed by atoms with E-state index < -0.39 is 0 Å². The number of anilines is 4. The molecule has 0 saturated heterocycles. The van der Waals surface area contributed by atoms with Crippen LogP contribution in [0, 0.1) is 0 Å². The SMILES string of the molecule is CN(c1ccc(-c2ccc(-c3ccc(N(C4=CCC5(C)C(=C4)C(C)(C)c4ccccc45)c4ccc(-c5ccc(-c6ccc(-n7c8ccccc8c8ccccc87)cc6)cc5)cc4)cc3)cc2)cc1)c1ccccc1-c1ccccc1. The Bertz CT molecular complexity index is 4260. The van der Waals surface area contributed by atoms with Crippen molar-refractivity contribution in [3.63, 3.8) is 0 Å². The summed E-state index contributed by atoms with van der Waals surface area (Å²) >= 11 is 0. The number of para-hydroxylation sites is 3. The molecule has 0 radical (unpaired) electrons. The molecule has 1 atom stereocenters. The van der Waals surface area contributed by atoms with Crippen LogP contribution < -0.4 is 9.80 Å². The molecule has 12 aromatic rings. The first-order valence-corrected chi connectivity index (χ1v) is 28.0. The first-order chi connectivity index (χ1) is 39.2. The third-order valence-electron chi connectivity index (χ3n) is 17.4. The number of hydrogen-bond acceptors (Lipinski definition) is 2. The molecular weight excluding hydrogens is 967 g/mol. The van der Waals surface area contributed by atoms with E-state index in [4.69, 9.17) is 0 Å². The topological polar surface area (TPSA) is 11.4 Å². The van der Waals surface area contributed by atoms with E-state index in [0.29, 0.717) is 0 Å². The van der Waals surface area contributed by atoms with Crippen LogP contribution >= 0.6 is 0 Å². The van der Waals surface area contributed by atoms with Crippen molar-refractivity contribution in [2.24, 2.45) is 0 Å². The summed E-state index contributed by atoms with van der Waals surface area (Å²) < 4.78 is 2.37. The van der Waals surface area contributed by atoms with Crippen molar-refractivity contribution in [3.05, 3.63) is 308 Å². The second-order valence-corrected chi connectivity index (χ2v) is 22.4. The summed E-state index contributed by atoms with van der Waals surface area (Å²) in [6.07, 6.45) is 5.89. The van der Waals surface area contributed by atoms with Crippen LogP contribution in [-0.2, 0) is 10.8 Å². The smallest absolute Gasteiger partial charge is 0.0541 e. The molecule has 0 amide bonds. The molecule has 2 aliphatic carbocycles. The lowest BCUT2D eigenvalue weighted by Gasteiger charge is -2.37. The molecule has 1 unspecified atom stereocenters. The van der Waals surface area contributed by atoms with Gasteiger partial charge in [-0.25, -0.2) is 0 Å². The zero-order valence-corrected chi connectivity index (χ0v) is 45.7. The summed E-state index contributed by atoms with van der Waals surface area (Å²) in [5.74, 6) is 0. The Morgan fingerprint density at radius 1 is 0.362 bits per heavy atom. The monoisotopic (exact) mass is 1030 g/mol. The maximum absolute atomic E-state index is 2.49. The number of nitrogens with zero attached hydrogens (tertiary/aromatic N) is 3. The molecule has 0 fully saturated rings. The van der Waals surface area contributed by atoms with Crippen molar-refractivity contribution in [1.29, 1.82) is 0 Å². The molecule has 1 heterocycles. The summed E-state index contributed by atoms with van der Waals surface area (Å²) in [6.45, 7) is 7.24. The van der Waals surface area contributed by atoms with Gasteiger partial charge in [0.2, 0.25) is 0 Å². The molecular formula is C77H61N3. The largest absolute Gasteiger partial charge is 0.344 e. The minimum absolute atomic E-state index is 0.0527. The van der Waals surface area contributed by atoms with Gasteiger partial charge in [0, 0.05) is 68.3 Å². The Hall–Kier alpha value is -9.70. The molecule has 0 spiro atoms. The van der Waals surface area contributed by atoms with Crippen molar-refractivity contribution < 1.29 is 0 Å². The number of fused-ring (bicyclic) bond motifs is 6. The second-order valence-electron chi connectivity index (χ2n) is 22.4. The van der Waals surface area contributed by atoms with E-state index in [1.54, 1.807) is 0 Å². The highest BCUT2D eigenvalue weighted by molar-refractivity contribution is 6.09. The minimum atomic E-state index is -0.0932. The highest BCUT2D eigenvalue weighted by atomic mass is 15.1. The van der Waals surface area contributed by atoms with Gasteiger partial charge in [0.15, 0.2) is 0 Å². The third kappa shape index (κ3) is 8.37. The molecule has 3 heteroatoms. The van der Waals surface area contributed by atoms with E-state index in [1.165, 1.54) is 106 Å². The van der Waals surface area contributed by atoms with E-state index in [0.717, 1.165) is 29.2 Å². The van der Waals surface area contributed by atoms with Crippen LogP contribution in [0.2, 0.25) is 0 Å². The summed E-state index contributed by atoms with van der Waals surface area (Å²) in [5, 5.41) is 2.55. The Kier molecular flexibility index (Phi) is 11.9. The van der Waals surface area contributed by atoms with Gasteiger partial charge in [-0.2, -0.15) is 0 Å². The lowest BCUT2D eigenvalue weighted by atomic mass is 9.70. The zero-order chi connectivity index (χ0) is 54.0. The van der Waals surface area contributed by atoms with Crippen LogP contribution in [0.25, 0.3) is 83.1 Å². The first kappa shape index (κ1) is 48.7. The average Bonchev–Trinajstić information content (AvgIpc) is 4.14. The molecule has 0 N–H and O–H groups in total. The summed E-state index contributed by atoms with van der Waals surface area (Å²) in [5.41, 5.74) is 25.5.